The summed E-state index contributed by atoms with van der Waals surface area (Å²) in [5.74, 6) is 1.71. The third-order valence-electron chi connectivity index (χ3n) is 7.58. The Morgan fingerprint density at radius 1 is 1.06 bits per heavy atom. The SMILES string of the molecule is CC(O)(c1ccc(-c2nc([C@@H]3CC[C@H]4CCC(=O)N4C3)n3ccnc(N)c23)cc1)c1ccccn1. The van der Waals surface area contributed by atoms with Gasteiger partial charge in [-0.2, -0.15) is 0 Å². The van der Waals surface area contributed by atoms with Crippen LogP contribution in [0.2, 0.25) is 0 Å². The molecule has 2 fully saturated rings. The number of aromatic nitrogens is 4. The second-order valence-electron chi connectivity index (χ2n) is 9.73. The number of carbonyl (C=O) groups is 1. The van der Waals surface area contributed by atoms with Crippen molar-refractivity contribution in [1.29, 1.82) is 0 Å². The highest BCUT2D eigenvalue weighted by atomic mass is 16.3. The molecular formula is C27H28N6O2. The summed E-state index contributed by atoms with van der Waals surface area (Å²) < 4.78 is 2.03. The van der Waals surface area contributed by atoms with Crippen molar-refractivity contribution in [2.75, 3.05) is 12.3 Å². The molecule has 0 radical (unpaired) electrons. The van der Waals surface area contributed by atoms with Gasteiger partial charge < -0.3 is 15.7 Å². The summed E-state index contributed by atoms with van der Waals surface area (Å²) in [4.78, 5) is 28.1. The lowest BCUT2D eigenvalue weighted by Crippen LogP contribution is -2.41. The molecule has 4 aromatic rings. The van der Waals surface area contributed by atoms with Gasteiger partial charge in [-0.25, -0.2) is 9.97 Å². The number of nitrogen functional groups attached to an aromatic ring is 1. The number of pyridine rings is 1. The molecule has 0 aliphatic carbocycles. The van der Waals surface area contributed by atoms with Gasteiger partial charge in [0.15, 0.2) is 0 Å². The van der Waals surface area contributed by atoms with Crippen molar-refractivity contribution >= 4 is 17.2 Å². The zero-order valence-electron chi connectivity index (χ0n) is 19.6. The quantitative estimate of drug-likeness (QED) is 0.474. The number of rotatable bonds is 4. The van der Waals surface area contributed by atoms with Crippen molar-refractivity contribution in [3.8, 4) is 11.3 Å². The number of hydrogen-bond acceptors (Lipinski definition) is 6. The van der Waals surface area contributed by atoms with Crippen molar-refractivity contribution in [2.45, 2.75) is 50.2 Å². The van der Waals surface area contributed by atoms with Crippen LogP contribution in [0.1, 0.15) is 55.6 Å². The molecule has 2 aliphatic rings. The summed E-state index contributed by atoms with van der Waals surface area (Å²) in [6.45, 7) is 2.43. The molecule has 6 rings (SSSR count). The number of nitrogens with two attached hydrogens (primary N) is 1. The van der Waals surface area contributed by atoms with Crippen molar-refractivity contribution < 1.29 is 9.90 Å². The molecule has 5 heterocycles. The first-order valence-electron chi connectivity index (χ1n) is 12.1. The van der Waals surface area contributed by atoms with Crippen molar-refractivity contribution in [2.24, 2.45) is 0 Å². The van der Waals surface area contributed by atoms with Crippen LogP contribution in [0.15, 0.2) is 61.1 Å². The van der Waals surface area contributed by atoms with Gasteiger partial charge in [-0.05, 0) is 43.9 Å². The van der Waals surface area contributed by atoms with E-state index in [9.17, 15) is 9.90 Å². The summed E-state index contributed by atoms with van der Waals surface area (Å²) in [5, 5.41) is 11.2. The van der Waals surface area contributed by atoms with Crippen LogP contribution < -0.4 is 5.73 Å². The molecule has 1 aromatic carbocycles. The summed E-state index contributed by atoms with van der Waals surface area (Å²) in [6.07, 6.45) is 8.86. The monoisotopic (exact) mass is 468 g/mol. The van der Waals surface area contributed by atoms with Crippen molar-refractivity contribution in [3.63, 3.8) is 0 Å². The number of hydrogen-bond donors (Lipinski definition) is 2. The van der Waals surface area contributed by atoms with Gasteiger partial charge in [0.25, 0.3) is 0 Å². The predicted molar refractivity (Wildman–Crippen MR) is 132 cm³/mol. The number of piperidine rings is 1. The smallest absolute Gasteiger partial charge is 0.222 e. The van der Waals surface area contributed by atoms with E-state index >= 15 is 0 Å². The van der Waals surface area contributed by atoms with E-state index in [2.05, 4.69) is 9.97 Å². The number of imidazole rings is 1. The maximum absolute atomic E-state index is 12.4. The number of nitrogens with zero attached hydrogens (tertiary/aromatic N) is 5. The molecule has 1 unspecified atom stereocenters. The minimum atomic E-state index is -1.22. The maximum Gasteiger partial charge on any atom is 0.222 e. The van der Waals surface area contributed by atoms with Gasteiger partial charge in [0.2, 0.25) is 5.91 Å². The Morgan fingerprint density at radius 2 is 1.89 bits per heavy atom. The molecule has 0 bridgehead atoms. The Morgan fingerprint density at radius 3 is 2.66 bits per heavy atom. The van der Waals surface area contributed by atoms with E-state index in [1.165, 1.54) is 0 Å². The Bertz CT molecular complexity index is 1400. The van der Waals surface area contributed by atoms with Gasteiger partial charge >= 0.3 is 0 Å². The van der Waals surface area contributed by atoms with Gasteiger partial charge in [-0.3, -0.25) is 14.2 Å². The number of carbonyl (C=O) groups excluding carboxylic acids is 1. The zero-order chi connectivity index (χ0) is 24.2. The highest BCUT2D eigenvalue weighted by molar-refractivity contribution is 5.85. The fourth-order valence-corrected chi connectivity index (χ4v) is 5.60. The van der Waals surface area contributed by atoms with Gasteiger partial charge in [0, 0.05) is 49.1 Å². The molecule has 3 N–H and O–H groups in total. The highest BCUT2D eigenvalue weighted by Gasteiger charge is 2.38. The third-order valence-corrected chi connectivity index (χ3v) is 7.58. The topological polar surface area (TPSA) is 110 Å². The molecule has 0 saturated carbocycles. The maximum atomic E-state index is 12.4. The van der Waals surface area contributed by atoms with Gasteiger partial charge in [-0.15, -0.1) is 0 Å². The minimum absolute atomic E-state index is 0.139. The van der Waals surface area contributed by atoms with Crippen LogP contribution in [0.4, 0.5) is 5.82 Å². The van der Waals surface area contributed by atoms with Crippen LogP contribution in [0.3, 0.4) is 0 Å². The Hall–Kier alpha value is -3.78. The Kier molecular flexibility index (Phi) is 5.07. The molecule has 8 nitrogen and oxygen atoms in total. The Balaban J connectivity index is 1.39. The second-order valence-corrected chi connectivity index (χ2v) is 9.73. The average Bonchev–Trinajstić information content (AvgIpc) is 3.46. The molecule has 35 heavy (non-hydrogen) atoms. The molecule has 8 heteroatoms. The molecule has 0 spiro atoms. The fraction of sp³-hybridized carbons (Fsp3) is 0.333. The zero-order valence-corrected chi connectivity index (χ0v) is 19.6. The number of fused-ring (bicyclic) bond motifs is 2. The molecule has 178 valence electrons. The van der Waals surface area contributed by atoms with Crippen LogP contribution in [-0.4, -0.2) is 47.9 Å². The van der Waals surface area contributed by atoms with Gasteiger partial charge in [-0.1, -0.05) is 30.3 Å². The van der Waals surface area contributed by atoms with E-state index in [4.69, 9.17) is 10.7 Å². The van der Waals surface area contributed by atoms with Gasteiger partial charge in [0.05, 0.1) is 5.69 Å². The summed E-state index contributed by atoms with van der Waals surface area (Å²) >= 11 is 0. The van der Waals surface area contributed by atoms with E-state index in [1.807, 2.05) is 58.0 Å². The fourth-order valence-electron chi connectivity index (χ4n) is 5.60. The largest absolute Gasteiger partial charge is 0.382 e. The number of aliphatic hydroxyl groups is 1. The summed E-state index contributed by atoms with van der Waals surface area (Å²) in [7, 11) is 0. The first kappa shape index (κ1) is 21.7. The molecule has 2 saturated heterocycles. The van der Waals surface area contributed by atoms with Crippen LogP contribution >= 0.6 is 0 Å². The van der Waals surface area contributed by atoms with E-state index < -0.39 is 5.60 Å². The van der Waals surface area contributed by atoms with E-state index in [0.717, 1.165) is 47.4 Å². The lowest BCUT2D eigenvalue weighted by Gasteiger charge is -2.34. The van der Waals surface area contributed by atoms with E-state index in [-0.39, 0.29) is 11.8 Å². The third kappa shape index (κ3) is 3.56. The molecule has 1 amide bonds. The van der Waals surface area contributed by atoms with Crippen LogP contribution in [-0.2, 0) is 10.4 Å². The first-order chi connectivity index (χ1) is 16.9. The number of amides is 1. The van der Waals surface area contributed by atoms with Crippen LogP contribution in [0.25, 0.3) is 16.8 Å². The summed E-state index contributed by atoms with van der Waals surface area (Å²) in [5.41, 5.74) is 8.85. The molecule has 3 atom stereocenters. The molecule has 3 aromatic heterocycles. The first-order valence-corrected chi connectivity index (χ1v) is 12.1. The standard InChI is InChI=1S/C27H28N6O2/c1-27(35,21-4-2-3-13-29-21)19-8-5-17(6-9-19)23-24-25(28)30-14-15-32(24)26(31-23)18-7-10-20-11-12-22(34)33(20)16-18/h2-6,8-9,13-15,18,20,35H,7,10-12,16H2,1H3,(H2,28,30)/t18-,20+,27?/m1/s1. The number of anilines is 1. The van der Waals surface area contributed by atoms with E-state index in [0.29, 0.717) is 30.5 Å². The lowest BCUT2D eigenvalue weighted by molar-refractivity contribution is -0.130. The second kappa shape index (κ2) is 8.16. The average molecular weight is 469 g/mol. The molecular weight excluding hydrogens is 440 g/mol. The predicted octanol–water partition coefficient (Wildman–Crippen LogP) is 3.50. The van der Waals surface area contributed by atoms with E-state index in [1.54, 1.807) is 19.3 Å². The normalized spacial score (nSPS) is 21.8. The van der Waals surface area contributed by atoms with Crippen LogP contribution in [0.5, 0.6) is 0 Å². The van der Waals surface area contributed by atoms with Crippen molar-refractivity contribution in [3.05, 3.63) is 78.1 Å². The summed E-state index contributed by atoms with van der Waals surface area (Å²) in [6, 6.07) is 13.6. The number of benzene rings is 1. The van der Waals surface area contributed by atoms with Crippen molar-refractivity contribution in [1.82, 2.24) is 24.3 Å². The lowest BCUT2D eigenvalue weighted by atomic mass is 9.91. The van der Waals surface area contributed by atoms with Gasteiger partial charge in [0.1, 0.15) is 28.5 Å². The Labute approximate surface area is 203 Å². The molecule has 2 aliphatic heterocycles. The minimum Gasteiger partial charge on any atom is -0.382 e. The highest BCUT2D eigenvalue weighted by Crippen LogP contribution is 2.38. The van der Waals surface area contributed by atoms with Crippen LogP contribution in [0, 0.1) is 0 Å².